The molecule has 1 unspecified atom stereocenters. The highest BCUT2D eigenvalue weighted by atomic mass is 35.5. The average molecular weight is 233 g/mol. The number of halogens is 1. The predicted octanol–water partition coefficient (Wildman–Crippen LogP) is 3.75. The van der Waals surface area contributed by atoms with Crippen LogP contribution < -0.4 is 0 Å². The molecule has 16 heavy (non-hydrogen) atoms. The van der Waals surface area contributed by atoms with Crippen LogP contribution >= 0.6 is 11.6 Å². The van der Waals surface area contributed by atoms with Crippen molar-refractivity contribution in [3.8, 4) is 0 Å². The Balaban J connectivity index is 2.08. The van der Waals surface area contributed by atoms with Gasteiger partial charge in [0.2, 0.25) is 0 Å². The van der Waals surface area contributed by atoms with Crippen LogP contribution in [0, 0.1) is 0 Å². The minimum atomic E-state index is -0.118. The molecular weight excluding hydrogens is 220 g/mol. The third kappa shape index (κ3) is 2.42. The van der Waals surface area contributed by atoms with E-state index < -0.39 is 0 Å². The van der Waals surface area contributed by atoms with Crippen molar-refractivity contribution in [2.24, 2.45) is 0 Å². The molecule has 0 radical (unpaired) electrons. The van der Waals surface area contributed by atoms with Crippen molar-refractivity contribution >= 4 is 17.4 Å². The summed E-state index contributed by atoms with van der Waals surface area (Å²) in [6, 6.07) is 9.32. The van der Waals surface area contributed by atoms with E-state index in [2.05, 4.69) is 0 Å². The summed E-state index contributed by atoms with van der Waals surface area (Å²) in [6.07, 6.45) is 4.37. The van der Waals surface area contributed by atoms with Crippen LogP contribution in [0.2, 0.25) is 0 Å². The molecule has 1 nitrogen and oxygen atoms in total. The molecule has 0 spiro atoms. The van der Waals surface area contributed by atoms with E-state index in [1.807, 2.05) is 49.4 Å². The van der Waals surface area contributed by atoms with Crippen LogP contribution in [0.4, 0.5) is 0 Å². The van der Waals surface area contributed by atoms with E-state index in [0.717, 1.165) is 16.7 Å². The summed E-state index contributed by atoms with van der Waals surface area (Å²) < 4.78 is 0. The van der Waals surface area contributed by atoms with Gasteiger partial charge in [0.25, 0.3) is 0 Å². The lowest BCUT2D eigenvalue weighted by molar-refractivity contribution is 0.0992. The molecule has 0 aromatic heterocycles. The molecule has 0 aliphatic heterocycles. The van der Waals surface area contributed by atoms with Gasteiger partial charge in [0.1, 0.15) is 0 Å². The molecule has 0 heterocycles. The molecule has 0 fully saturated rings. The maximum absolute atomic E-state index is 11.9. The Hall–Kier alpha value is -1.34. The zero-order valence-corrected chi connectivity index (χ0v) is 9.87. The number of allylic oxidation sites excluding steroid dienone is 4. The largest absolute Gasteiger partial charge is 0.294 e. The molecule has 1 atom stereocenters. The van der Waals surface area contributed by atoms with Crippen molar-refractivity contribution in [2.75, 3.05) is 0 Å². The number of Topliss-reactive ketones (excluding diaryl/α,β-unsaturated/α-hetero) is 1. The van der Waals surface area contributed by atoms with Crippen LogP contribution in [0.15, 0.2) is 53.6 Å². The zero-order chi connectivity index (χ0) is 11.5. The number of ketones is 1. The Morgan fingerprint density at radius 2 is 2.00 bits per heavy atom. The highest BCUT2D eigenvalue weighted by Crippen LogP contribution is 2.26. The smallest absolute Gasteiger partial charge is 0.166 e. The van der Waals surface area contributed by atoms with Crippen LogP contribution in [0.25, 0.3) is 0 Å². The highest BCUT2D eigenvalue weighted by molar-refractivity contribution is 6.24. The second-order valence-electron chi connectivity index (χ2n) is 4.00. The highest BCUT2D eigenvalue weighted by Gasteiger charge is 2.18. The molecule has 0 N–H and O–H groups in total. The number of hydrogen-bond acceptors (Lipinski definition) is 1. The van der Waals surface area contributed by atoms with E-state index in [1.165, 1.54) is 0 Å². The Morgan fingerprint density at radius 3 is 2.56 bits per heavy atom. The number of hydrogen-bond donors (Lipinski definition) is 0. The van der Waals surface area contributed by atoms with Gasteiger partial charge in [0, 0.05) is 12.0 Å². The fourth-order valence-corrected chi connectivity index (χ4v) is 2.16. The molecule has 1 aliphatic carbocycles. The van der Waals surface area contributed by atoms with Crippen molar-refractivity contribution in [1.29, 1.82) is 0 Å². The maximum atomic E-state index is 11.9. The lowest BCUT2D eigenvalue weighted by Crippen LogP contribution is -2.05. The van der Waals surface area contributed by atoms with Crippen LogP contribution in [0.1, 0.15) is 23.7 Å². The summed E-state index contributed by atoms with van der Waals surface area (Å²) in [5, 5.41) is -0.118. The molecule has 1 aromatic rings. The van der Waals surface area contributed by atoms with E-state index in [1.54, 1.807) is 0 Å². The lowest BCUT2D eigenvalue weighted by Gasteiger charge is -2.05. The Kier molecular flexibility index (Phi) is 3.25. The van der Waals surface area contributed by atoms with Gasteiger partial charge in [-0.1, -0.05) is 48.1 Å². The van der Waals surface area contributed by atoms with Gasteiger partial charge in [0.15, 0.2) is 5.78 Å². The molecule has 1 aliphatic rings. The summed E-state index contributed by atoms with van der Waals surface area (Å²) in [7, 11) is 0. The molecule has 0 amide bonds. The van der Waals surface area contributed by atoms with Crippen LogP contribution in [-0.4, -0.2) is 11.2 Å². The molecule has 0 bridgehead atoms. The van der Waals surface area contributed by atoms with E-state index in [0.29, 0.717) is 6.42 Å². The van der Waals surface area contributed by atoms with Crippen LogP contribution in [-0.2, 0) is 0 Å². The second-order valence-corrected chi connectivity index (χ2v) is 4.47. The van der Waals surface area contributed by atoms with Crippen molar-refractivity contribution in [3.63, 3.8) is 0 Å². The lowest BCUT2D eigenvalue weighted by atomic mass is 10.0. The van der Waals surface area contributed by atoms with Crippen LogP contribution in [0.3, 0.4) is 0 Å². The Bertz CT molecular complexity index is 457. The SMILES string of the molecule is CC1=CC(Cl)C(CC(=O)c2ccccc2)=C1. The van der Waals surface area contributed by atoms with Gasteiger partial charge in [0.05, 0.1) is 5.38 Å². The first-order valence-corrected chi connectivity index (χ1v) is 5.71. The summed E-state index contributed by atoms with van der Waals surface area (Å²) in [5.74, 6) is 0.126. The molecule has 0 saturated heterocycles. The number of carbonyl (C=O) groups excluding carboxylic acids is 1. The fourth-order valence-electron chi connectivity index (χ4n) is 1.82. The first-order chi connectivity index (χ1) is 7.66. The van der Waals surface area contributed by atoms with Gasteiger partial charge in [-0.05, 0) is 12.5 Å². The summed E-state index contributed by atoms with van der Waals surface area (Å²) >= 11 is 6.11. The van der Waals surface area contributed by atoms with Crippen LogP contribution in [0.5, 0.6) is 0 Å². The molecule has 0 saturated carbocycles. The van der Waals surface area contributed by atoms with Gasteiger partial charge in [-0.2, -0.15) is 0 Å². The molecule has 82 valence electrons. The monoisotopic (exact) mass is 232 g/mol. The van der Waals surface area contributed by atoms with Gasteiger partial charge in [-0.3, -0.25) is 4.79 Å². The number of carbonyl (C=O) groups is 1. The van der Waals surface area contributed by atoms with Gasteiger partial charge < -0.3 is 0 Å². The zero-order valence-electron chi connectivity index (χ0n) is 9.11. The maximum Gasteiger partial charge on any atom is 0.166 e. The van der Waals surface area contributed by atoms with E-state index in [4.69, 9.17) is 11.6 Å². The Labute approximate surface area is 100 Å². The van der Waals surface area contributed by atoms with Crippen molar-refractivity contribution in [1.82, 2.24) is 0 Å². The second kappa shape index (κ2) is 4.67. The first-order valence-electron chi connectivity index (χ1n) is 5.28. The Morgan fingerprint density at radius 1 is 1.31 bits per heavy atom. The minimum Gasteiger partial charge on any atom is -0.294 e. The molecular formula is C14H13ClO. The normalized spacial score (nSPS) is 19.2. The fraction of sp³-hybridized carbons (Fsp3) is 0.214. The number of alkyl halides is 1. The number of benzene rings is 1. The molecule has 2 rings (SSSR count). The summed E-state index contributed by atoms with van der Waals surface area (Å²) in [4.78, 5) is 11.9. The van der Waals surface area contributed by atoms with Crippen molar-refractivity contribution < 1.29 is 4.79 Å². The van der Waals surface area contributed by atoms with E-state index in [9.17, 15) is 4.79 Å². The average Bonchev–Trinajstić information content (AvgIpc) is 2.59. The van der Waals surface area contributed by atoms with E-state index >= 15 is 0 Å². The summed E-state index contributed by atoms with van der Waals surface area (Å²) in [6.45, 7) is 2.00. The molecule has 1 aromatic carbocycles. The third-order valence-corrected chi connectivity index (χ3v) is 3.04. The van der Waals surface area contributed by atoms with Crippen molar-refractivity contribution in [2.45, 2.75) is 18.7 Å². The molecule has 2 heteroatoms. The standard InChI is InChI=1S/C14H13ClO/c1-10-7-12(13(15)8-10)9-14(16)11-5-3-2-4-6-11/h2-8,13H,9H2,1H3. The quantitative estimate of drug-likeness (QED) is 0.573. The predicted molar refractivity (Wildman–Crippen MR) is 66.9 cm³/mol. The summed E-state index contributed by atoms with van der Waals surface area (Å²) in [5.41, 5.74) is 2.88. The van der Waals surface area contributed by atoms with Gasteiger partial charge in [-0.15, -0.1) is 11.6 Å². The minimum absolute atomic E-state index is 0.118. The van der Waals surface area contributed by atoms with Gasteiger partial charge >= 0.3 is 0 Å². The van der Waals surface area contributed by atoms with Crippen molar-refractivity contribution in [3.05, 3.63) is 59.2 Å². The number of rotatable bonds is 3. The first kappa shape index (κ1) is 11.2. The van der Waals surface area contributed by atoms with Gasteiger partial charge in [-0.25, -0.2) is 0 Å². The third-order valence-electron chi connectivity index (χ3n) is 2.64. The topological polar surface area (TPSA) is 17.1 Å². The van der Waals surface area contributed by atoms with E-state index in [-0.39, 0.29) is 11.2 Å².